The first-order chi connectivity index (χ1) is 20.5. The van der Waals surface area contributed by atoms with Crippen LogP contribution in [-0.2, 0) is 6.42 Å². The fraction of sp³-hybridized carbons (Fsp3) is 0.206. The highest BCUT2D eigenvalue weighted by Gasteiger charge is 2.32. The molecule has 43 heavy (non-hydrogen) atoms. The lowest BCUT2D eigenvalue weighted by Crippen LogP contribution is -2.31. The lowest BCUT2D eigenvalue weighted by molar-refractivity contribution is 0.0459. The fourth-order valence-corrected chi connectivity index (χ4v) is 5.23. The summed E-state index contributed by atoms with van der Waals surface area (Å²) in [5.41, 5.74) is 2.32. The molecule has 0 atom stereocenters. The highest BCUT2D eigenvalue weighted by Crippen LogP contribution is 2.40. The zero-order valence-corrected chi connectivity index (χ0v) is 25.2. The molecule has 0 aliphatic rings. The van der Waals surface area contributed by atoms with Gasteiger partial charge in [0.05, 0.1) is 11.3 Å². The van der Waals surface area contributed by atoms with E-state index in [1.54, 1.807) is 36.4 Å². The van der Waals surface area contributed by atoms with Crippen LogP contribution in [0.1, 0.15) is 53.2 Å². The summed E-state index contributed by atoms with van der Waals surface area (Å²) in [4.78, 5) is 30.7. The number of aromatic hydroxyl groups is 1. The third kappa shape index (κ3) is 6.59. The van der Waals surface area contributed by atoms with E-state index in [-0.39, 0.29) is 28.7 Å². The third-order valence-corrected chi connectivity index (χ3v) is 7.70. The number of aliphatic hydroxyl groups is 1. The van der Waals surface area contributed by atoms with Crippen molar-refractivity contribution in [1.29, 1.82) is 0 Å². The Balaban J connectivity index is 1.51. The van der Waals surface area contributed by atoms with Gasteiger partial charge in [-0.3, -0.25) is 9.59 Å². The molecule has 0 spiro atoms. The number of unbranched alkanes of at least 4 members (excludes halogenated alkanes) is 1. The van der Waals surface area contributed by atoms with E-state index in [0.29, 0.717) is 58.1 Å². The number of furan rings is 1. The summed E-state index contributed by atoms with van der Waals surface area (Å²) in [5, 5.41) is 25.1. The zero-order valence-electron chi connectivity index (χ0n) is 23.7. The molecule has 1 amide bonds. The molecule has 0 bridgehead atoms. The molecular weight excluding hydrogens is 587 g/mol. The van der Waals surface area contributed by atoms with E-state index in [4.69, 9.17) is 32.6 Å². The second kappa shape index (κ2) is 12.6. The average molecular weight is 618 g/mol. The number of hydrogen-bond donors (Lipinski definition) is 3. The van der Waals surface area contributed by atoms with Crippen LogP contribution in [0, 0.1) is 0 Å². The first-order valence-electron chi connectivity index (χ1n) is 13.8. The molecule has 0 aliphatic heterocycles. The molecule has 0 saturated carbocycles. The number of amides is 1. The SMILES string of the molecule is CC(C)(O)C(=O)c1oc2nc(-c3ccccc3Cl)c(-c3ccc(Cl)cc3)cc2c1CCCCNC(=O)c1ccccc1O. The van der Waals surface area contributed by atoms with Crippen molar-refractivity contribution in [3.8, 4) is 28.1 Å². The first-order valence-corrected chi connectivity index (χ1v) is 14.6. The van der Waals surface area contributed by atoms with Gasteiger partial charge in [-0.1, -0.05) is 65.7 Å². The zero-order chi connectivity index (χ0) is 30.7. The summed E-state index contributed by atoms with van der Waals surface area (Å²) in [6.45, 7) is 3.20. The van der Waals surface area contributed by atoms with Gasteiger partial charge in [0.25, 0.3) is 5.91 Å². The summed E-state index contributed by atoms with van der Waals surface area (Å²) in [5.74, 6) is -0.958. The highest BCUT2D eigenvalue weighted by molar-refractivity contribution is 6.33. The van der Waals surface area contributed by atoms with Crippen molar-refractivity contribution < 1.29 is 24.2 Å². The highest BCUT2D eigenvalue weighted by atomic mass is 35.5. The van der Waals surface area contributed by atoms with Crippen LogP contribution in [0.3, 0.4) is 0 Å². The Hall–Kier alpha value is -4.17. The van der Waals surface area contributed by atoms with Crippen molar-refractivity contribution in [2.45, 2.75) is 38.7 Å². The number of fused-ring (bicyclic) bond motifs is 1. The van der Waals surface area contributed by atoms with E-state index in [2.05, 4.69) is 5.32 Å². The van der Waals surface area contributed by atoms with Crippen molar-refractivity contribution in [3.63, 3.8) is 0 Å². The van der Waals surface area contributed by atoms with Crippen LogP contribution in [0.25, 0.3) is 33.5 Å². The Morgan fingerprint density at radius 1 is 0.930 bits per heavy atom. The number of aryl methyl sites for hydroxylation is 1. The Labute approximate surface area is 259 Å². The topological polar surface area (TPSA) is 113 Å². The monoisotopic (exact) mass is 616 g/mol. The number of para-hydroxylation sites is 1. The Bertz CT molecular complexity index is 1810. The van der Waals surface area contributed by atoms with E-state index >= 15 is 0 Å². The molecule has 3 N–H and O–H groups in total. The molecule has 0 unspecified atom stereocenters. The Morgan fingerprint density at radius 3 is 2.33 bits per heavy atom. The van der Waals surface area contributed by atoms with Crippen LogP contribution >= 0.6 is 23.2 Å². The van der Waals surface area contributed by atoms with Crippen molar-refractivity contribution in [2.75, 3.05) is 6.54 Å². The maximum Gasteiger partial charge on any atom is 0.255 e. The van der Waals surface area contributed by atoms with Gasteiger partial charge in [-0.05, 0) is 75.1 Å². The van der Waals surface area contributed by atoms with Gasteiger partial charge in [-0.2, -0.15) is 0 Å². The summed E-state index contributed by atoms with van der Waals surface area (Å²) in [7, 11) is 0. The number of halogens is 2. The maximum atomic E-state index is 13.3. The van der Waals surface area contributed by atoms with E-state index < -0.39 is 11.4 Å². The number of phenols is 1. The molecule has 0 saturated heterocycles. The van der Waals surface area contributed by atoms with E-state index in [0.717, 1.165) is 11.1 Å². The van der Waals surface area contributed by atoms with Crippen LogP contribution < -0.4 is 5.32 Å². The Morgan fingerprint density at radius 2 is 1.63 bits per heavy atom. The second-order valence-electron chi connectivity index (χ2n) is 10.8. The van der Waals surface area contributed by atoms with E-state index in [1.165, 1.54) is 19.9 Å². The molecule has 3 aromatic carbocycles. The van der Waals surface area contributed by atoms with E-state index in [1.807, 2.05) is 36.4 Å². The van der Waals surface area contributed by atoms with Crippen LogP contribution in [0.4, 0.5) is 0 Å². The van der Waals surface area contributed by atoms with Gasteiger partial charge in [-0.15, -0.1) is 0 Å². The maximum absolute atomic E-state index is 13.3. The molecule has 220 valence electrons. The van der Waals surface area contributed by atoms with Crippen LogP contribution in [-0.4, -0.2) is 39.0 Å². The van der Waals surface area contributed by atoms with Crippen molar-refractivity contribution in [2.24, 2.45) is 0 Å². The lowest BCUT2D eigenvalue weighted by atomic mass is 9.94. The van der Waals surface area contributed by atoms with Crippen LogP contribution in [0.5, 0.6) is 5.75 Å². The molecule has 5 aromatic rings. The minimum absolute atomic E-state index is 0.0478. The molecule has 9 heteroatoms. The molecule has 0 aliphatic carbocycles. The minimum Gasteiger partial charge on any atom is -0.507 e. The summed E-state index contributed by atoms with van der Waals surface area (Å²) < 4.78 is 6.08. The number of ketones is 1. The number of Topliss-reactive ketones (excluding diaryl/α,β-unsaturated/α-hetero) is 1. The fourth-order valence-electron chi connectivity index (χ4n) is 4.88. The quantitative estimate of drug-likeness (QED) is 0.109. The average Bonchev–Trinajstić information content (AvgIpc) is 3.33. The summed E-state index contributed by atoms with van der Waals surface area (Å²) in [6, 6.07) is 23.0. The number of benzene rings is 3. The number of rotatable bonds is 10. The number of aromatic nitrogens is 1. The summed E-state index contributed by atoms with van der Waals surface area (Å²) >= 11 is 12.8. The summed E-state index contributed by atoms with van der Waals surface area (Å²) in [6.07, 6.45) is 1.63. The predicted molar refractivity (Wildman–Crippen MR) is 169 cm³/mol. The molecule has 2 aromatic heterocycles. The second-order valence-corrected chi connectivity index (χ2v) is 11.6. The van der Waals surface area contributed by atoms with Crippen molar-refractivity contribution in [1.82, 2.24) is 10.3 Å². The molecule has 0 fully saturated rings. The number of phenolic OH excluding ortho intramolecular Hbond substituents is 1. The third-order valence-electron chi connectivity index (χ3n) is 7.12. The first kappa shape index (κ1) is 30.3. The van der Waals surface area contributed by atoms with Crippen LogP contribution in [0.2, 0.25) is 10.0 Å². The predicted octanol–water partition coefficient (Wildman–Crippen LogP) is 7.88. The van der Waals surface area contributed by atoms with Gasteiger partial charge < -0.3 is 19.9 Å². The largest absolute Gasteiger partial charge is 0.507 e. The number of hydrogen-bond acceptors (Lipinski definition) is 6. The van der Waals surface area contributed by atoms with Gasteiger partial charge in [0.15, 0.2) is 5.76 Å². The smallest absolute Gasteiger partial charge is 0.255 e. The molecule has 5 rings (SSSR count). The van der Waals surface area contributed by atoms with E-state index in [9.17, 15) is 19.8 Å². The van der Waals surface area contributed by atoms with Gasteiger partial charge in [0, 0.05) is 38.7 Å². The number of nitrogens with one attached hydrogen (secondary N) is 1. The number of pyridine rings is 1. The Kier molecular flexibility index (Phi) is 8.87. The molecular formula is C34H30Cl2N2O5. The molecule has 2 heterocycles. The number of carbonyl (C=O) groups excluding carboxylic acids is 2. The van der Waals surface area contributed by atoms with Gasteiger partial charge in [-0.25, -0.2) is 4.98 Å². The number of carbonyl (C=O) groups is 2. The van der Waals surface area contributed by atoms with Gasteiger partial charge in [0.2, 0.25) is 11.5 Å². The van der Waals surface area contributed by atoms with Crippen molar-refractivity contribution >= 4 is 46.0 Å². The molecule has 7 nitrogen and oxygen atoms in total. The van der Waals surface area contributed by atoms with Gasteiger partial charge >= 0.3 is 0 Å². The van der Waals surface area contributed by atoms with Crippen LogP contribution in [0.15, 0.2) is 83.3 Å². The van der Waals surface area contributed by atoms with Gasteiger partial charge in [0.1, 0.15) is 11.4 Å². The minimum atomic E-state index is -1.67. The normalized spacial score (nSPS) is 11.6. The number of nitrogens with zero attached hydrogens (tertiary/aromatic N) is 1. The lowest BCUT2D eigenvalue weighted by Gasteiger charge is -2.14. The standard InChI is InChI=1S/C34H30Cl2N2O5/c1-34(2,42)31(40)30-22(9-7-8-18-37-32(41)24-11-4-6-13-28(24)39)26-19-25(20-14-16-21(35)17-15-20)29(38-33(26)43-30)23-10-3-5-12-27(23)36/h3-6,10-17,19,39,42H,7-9,18H2,1-2H3,(H,37,41). The van der Waals surface area contributed by atoms with Crippen molar-refractivity contribution in [3.05, 3.63) is 106 Å². The molecule has 0 radical (unpaired) electrons.